The van der Waals surface area contributed by atoms with Gasteiger partial charge in [0.15, 0.2) is 0 Å². The standard InChI is InChI=1S/C23H23FN4O.C21H23FN4O.C2H6/c1-3-23(29)28-12-8-16(9-13-28)20-15-25-22(17-4-6-18(24)7-5-17)14-19(20)21-10-11-27(2)26-21;1-14(27)26-12-10-16(13-26)18-7-8-20(15-3-5-17(22)6-4-15)25-21(18)19(23)9-11-24-2;1-2/h3-7,10-11,14-16H,1,8-9,12-13H2,2H3;3-9,11,16H,10,12-13,23H2,1-2H3;1-2H3/b;19-9-,24-11?;. The van der Waals surface area contributed by atoms with E-state index >= 15 is 0 Å². The number of pyridine rings is 2. The lowest BCUT2D eigenvalue weighted by Crippen LogP contribution is -2.36. The smallest absolute Gasteiger partial charge is 0.245 e. The molecule has 302 valence electrons. The van der Waals surface area contributed by atoms with Gasteiger partial charge in [-0.25, -0.2) is 13.8 Å². The number of halogens is 2. The Morgan fingerprint density at radius 1 is 0.828 bits per heavy atom. The van der Waals surface area contributed by atoms with E-state index in [1.165, 1.54) is 30.3 Å². The molecule has 58 heavy (non-hydrogen) atoms. The lowest BCUT2D eigenvalue weighted by molar-refractivity contribution is -0.128. The molecular weight excluding hydrogens is 735 g/mol. The minimum atomic E-state index is -0.288. The molecule has 2 aromatic carbocycles. The second-order valence-electron chi connectivity index (χ2n) is 14.0. The van der Waals surface area contributed by atoms with Crippen molar-refractivity contribution >= 4 is 23.7 Å². The maximum absolute atomic E-state index is 13.3. The highest BCUT2D eigenvalue weighted by Crippen LogP contribution is 2.37. The van der Waals surface area contributed by atoms with Crippen LogP contribution in [0.25, 0.3) is 39.5 Å². The number of nitrogens with zero attached hydrogens (tertiary/aromatic N) is 7. The average molecular weight is 787 g/mol. The Labute approximate surface area is 339 Å². The molecule has 0 bridgehead atoms. The molecule has 2 N–H and O–H groups in total. The van der Waals surface area contributed by atoms with Gasteiger partial charge in [0.25, 0.3) is 0 Å². The minimum Gasteiger partial charge on any atom is -0.397 e. The van der Waals surface area contributed by atoms with E-state index in [1.54, 1.807) is 55.2 Å². The van der Waals surface area contributed by atoms with Gasteiger partial charge in [-0.3, -0.25) is 24.2 Å². The van der Waals surface area contributed by atoms with E-state index in [0.717, 1.165) is 70.7 Å². The number of likely N-dealkylation sites (tertiary alicyclic amines) is 2. The van der Waals surface area contributed by atoms with Crippen LogP contribution in [0.2, 0.25) is 0 Å². The molecule has 2 fully saturated rings. The van der Waals surface area contributed by atoms with Gasteiger partial charge in [0, 0.05) is 88.4 Å². The number of allylic oxidation sites excluding steroid dienone is 1. The largest absolute Gasteiger partial charge is 0.397 e. The van der Waals surface area contributed by atoms with Crippen molar-refractivity contribution in [2.75, 3.05) is 33.2 Å². The Bertz CT molecular complexity index is 2240. The first-order valence-electron chi connectivity index (χ1n) is 19.6. The summed E-state index contributed by atoms with van der Waals surface area (Å²) in [5, 5.41) is 4.59. The number of piperidine rings is 1. The predicted molar refractivity (Wildman–Crippen MR) is 228 cm³/mol. The van der Waals surface area contributed by atoms with Crippen LogP contribution >= 0.6 is 0 Å². The third-order valence-corrected chi connectivity index (χ3v) is 10.3. The summed E-state index contributed by atoms with van der Waals surface area (Å²) in [6.07, 6.45) is 11.2. The van der Waals surface area contributed by atoms with Crippen molar-refractivity contribution in [1.82, 2.24) is 29.5 Å². The van der Waals surface area contributed by atoms with E-state index in [1.807, 2.05) is 67.4 Å². The quantitative estimate of drug-likeness (QED) is 0.125. The van der Waals surface area contributed by atoms with Gasteiger partial charge in [0.05, 0.1) is 28.5 Å². The first-order valence-corrected chi connectivity index (χ1v) is 19.6. The molecule has 2 aliphatic rings. The zero-order chi connectivity index (χ0) is 41.8. The minimum absolute atomic E-state index is 0.0156. The van der Waals surface area contributed by atoms with Gasteiger partial charge in [-0.2, -0.15) is 5.10 Å². The van der Waals surface area contributed by atoms with Crippen LogP contribution in [0.5, 0.6) is 0 Å². The highest BCUT2D eigenvalue weighted by Gasteiger charge is 2.29. The predicted octanol–water partition coefficient (Wildman–Crippen LogP) is 8.43. The Balaban J connectivity index is 0.000000213. The molecule has 10 nitrogen and oxygen atoms in total. The zero-order valence-electron chi connectivity index (χ0n) is 33.9. The second-order valence-corrected chi connectivity index (χ2v) is 14.0. The maximum Gasteiger partial charge on any atom is 0.245 e. The topological polar surface area (TPSA) is 123 Å². The Kier molecular flexibility index (Phi) is 14.9. The number of rotatable bonds is 8. The molecule has 5 aromatic rings. The van der Waals surface area contributed by atoms with Gasteiger partial charge in [-0.1, -0.05) is 26.5 Å². The summed E-state index contributed by atoms with van der Waals surface area (Å²) in [4.78, 5) is 40.6. The average Bonchev–Trinajstić information content (AvgIpc) is 3.94. The molecule has 5 heterocycles. The van der Waals surface area contributed by atoms with Gasteiger partial charge in [-0.15, -0.1) is 0 Å². The fourth-order valence-electron chi connectivity index (χ4n) is 7.24. The lowest BCUT2D eigenvalue weighted by Gasteiger charge is -2.32. The molecule has 2 aliphatic heterocycles. The van der Waals surface area contributed by atoms with Crippen molar-refractivity contribution in [2.45, 2.75) is 51.9 Å². The van der Waals surface area contributed by atoms with Crippen molar-refractivity contribution in [3.63, 3.8) is 0 Å². The molecule has 3 aromatic heterocycles. The molecule has 1 atom stereocenters. The summed E-state index contributed by atoms with van der Waals surface area (Å²) in [7, 11) is 3.57. The second kappa shape index (κ2) is 20.2. The Morgan fingerprint density at radius 2 is 1.43 bits per heavy atom. The summed E-state index contributed by atoms with van der Waals surface area (Å²) >= 11 is 0. The van der Waals surface area contributed by atoms with Gasteiger partial charge in [0.2, 0.25) is 11.8 Å². The number of hydrogen-bond donors (Lipinski definition) is 1. The number of hydrogen-bond acceptors (Lipinski definition) is 7. The van der Waals surface area contributed by atoms with Crippen LogP contribution in [0, 0.1) is 11.6 Å². The summed E-state index contributed by atoms with van der Waals surface area (Å²) < 4.78 is 28.3. The number of carbonyl (C=O) groups excluding carboxylic acids is 2. The maximum atomic E-state index is 13.3. The molecule has 0 radical (unpaired) electrons. The molecule has 0 spiro atoms. The third kappa shape index (κ3) is 10.6. The highest BCUT2D eigenvalue weighted by atomic mass is 19.1. The van der Waals surface area contributed by atoms with Crippen molar-refractivity contribution in [1.29, 1.82) is 0 Å². The monoisotopic (exact) mass is 786 g/mol. The summed E-state index contributed by atoms with van der Waals surface area (Å²) in [6.45, 7) is 12.0. The number of nitrogens with two attached hydrogens (primary N) is 1. The first kappa shape index (κ1) is 42.8. The molecule has 1 unspecified atom stereocenters. The number of aryl methyl sites for hydroxylation is 1. The van der Waals surface area contributed by atoms with E-state index in [9.17, 15) is 18.4 Å². The van der Waals surface area contributed by atoms with Crippen LogP contribution in [-0.4, -0.2) is 80.8 Å². The van der Waals surface area contributed by atoms with Crippen molar-refractivity contribution in [3.8, 4) is 33.8 Å². The van der Waals surface area contributed by atoms with Crippen LogP contribution in [0.3, 0.4) is 0 Å². The molecule has 12 heteroatoms. The summed E-state index contributed by atoms with van der Waals surface area (Å²) in [5.74, 6) is -0.00447. The third-order valence-electron chi connectivity index (χ3n) is 10.3. The Morgan fingerprint density at radius 3 is 1.98 bits per heavy atom. The summed E-state index contributed by atoms with van der Waals surface area (Å²) in [6, 6.07) is 20.5. The van der Waals surface area contributed by atoms with Crippen LogP contribution in [-0.2, 0) is 16.6 Å². The number of aliphatic imine (C=N–C) groups is 1. The Hall–Kier alpha value is -6.30. The van der Waals surface area contributed by atoms with Gasteiger partial charge < -0.3 is 15.5 Å². The number of carbonyl (C=O) groups is 2. The highest BCUT2D eigenvalue weighted by molar-refractivity contribution is 5.87. The molecule has 7 rings (SSSR count). The molecular formula is C46H52F2N8O2. The molecule has 2 amide bonds. The molecule has 0 saturated carbocycles. The molecule has 2 saturated heterocycles. The van der Waals surface area contributed by atoms with Crippen molar-refractivity contribution in [3.05, 3.63) is 132 Å². The van der Waals surface area contributed by atoms with Crippen LogP contribution in [0.4, 0.5) is 8.78 Å². The van der Waals surface area contributed by atoms with Crippen LogP contribution in [0.15, 0.2) is 109 Å². The fraction of sp³-hybridized carbons (Fsp3) is 0.304. The van der Waals surface area contributed by atoms with E-state index in [4.69, 9.17) is 10.7 Å². The van der Waals surface area contributed by atoms with E-state index in [2.05, 4.69) is 21.7 Å². The summed E-state index contributed by atoms with van der Waals surface area (Å²) in [5.41, 5.74) is 14.7. The van der Waals surface area contributed by atoms with Crippen LogP contribution < -0.4 is 5.73 Å². The normalized spacial score (nSPS) is 15.7. The number of benzene rings is 2. The van der Waals surface area contributed by atoms with E-state index in [-0.39, 0.29) is 29.4 Å². The number of aromatic nitrogens is 4. The zero-order valence-corrected chi connectivity index (χ0v) is 33.9. The van der Waals surface area contributed by atoms with Gasteiger partial charge in [-0.05, 0) is 115 Å². The van der Waals surface area contributed by atoms with Crippen molar-refractivity contribution < 1.29 is 18.4 Å². The SMILES string of the molecule is C=CC(=O)N1CCC(c2cnc(-c3ccc(F)cc3)cc2-c2ccn(C)n2)CC1.CC.CN=C/C=C(\N)c1nc(-c2ccc(F)cc2)ccc1C1CCN(C(C)=O)C1. The van der Waals surface area contributed by atoms with E-state index in [0.29, 0.717) is 36.9 Å². The first-order chi connectivity index (χ1) is 28.0. The molecule has 0 aliphatic carbocycles. The van der Waals surface area contributed by atoms with Gasteiger partial charge in [0.1, 0.15) is 11.6 Å². The lowest BCUT2D eigenvalue weighted by atomic mass is 9.86. The van der Waals surface area contributed by atoms with E-state index < -0.39 is 0 Å². The number of amides is 2. The van der Waals surface area contributed by atoms with Crippen LogP contribution in [0.1, 0.15) is 68.7 Å². The fourth-order valence-corrected chi connectivity index (χ4v) is 7.24. The van der Waals surface area contributed by atoms with Crippen molar-refractivity contribution in [2.24, 2.45) is 17.8 Å². The van der Waals surface area contributed by atoms with Gasteiger partial charge >= 0.3 is 0 Å².